The van der Waals surface area contributed by atoms with Crippen LogP contribution in [0.1, 0.15) is 36.5 Å². The summed E-state index contributed by atoms with van der Waals surface area (Å²) in [6, 6.07) is 1.49. The maximum atomic E-state index is 12.2. The summed E-state index contributed by atoms with van der Waals surface area (Å²) in [7, 11) is 1.41. The fourth-order valence-electron chi connectivity index (χ4n) is 2.90. The van der Waals surface area contributed by atoms with Crippen molar-refractivity contribution in [3.05, 3.63) is 17.8 Å². The van der Waals surface area contributed by atoms with E-state index in [0.29, 0.717) is 23.9 Å². The largest absolute Gasteiger partial charge is 0.480 e. The zero-order valence-electron chi connectivity index (χ0n) is 14.4. The number of nitrogens with zero attached hydrogens (tertiary/aromatic N) is 1. The van der Waals surface area contributed by atoms with E-state index in [2.05, 4.69) is 22.5 Å². The molecule has 0 aliphatic carbocycles. The van der Waals surface area contributed by atoms with Crippen LogP contribution in [0, 0.1) is 11.8 Å². The highest BCUT2D eigenvalue weighted by atomic mass is 35.5. The number of hydrogen-bond donors (Lipinski definition) is 3. The Bertz CT molecular complexity index is 580. The quantitative estimate of drug-likeness (QED) is 0.686. The Morgan fingerprint density at radius 2 is 2.20 bits per heavy atom. The number of pyridine rings is 1. The zero-order valence-corrected chi connectivity index (χ0v) is 16.0. The first-order valence-electron chi connectivity index (χ1n) is 7.85. The number of methoxy groups -OCH3 is 1. The summed E-state index contributed by atoms with van der Waals surface area (Å²) in [5.74, 6) is 0.226. The molecule has 1 fully saturated rings. The van der Waals surface area contributed by atoms with Crippen LogP contribution in [-0.4, -0.2) is 37.0 Å². The molecule has 2 amide bonds. The van der Waals surface area contributed by atoms with Crippen molar-refractivity contribution in [1.82, 2.24) is 10.3 Å². The van der Waals surface area contributed by atoms with E-state index < -0.39 is 5.91 Å². The number of halogens is 2. The molecule has 0 radical (unpaired) electrons. The van der Waals surface area contributed by atoms with Gasteiger partial charge in [-0.25, -0.2) is 4.98 Å². The Kier molecular flexibility index (Phi) is 10.4. The Labute approximate surface area is 160 Å². The molecule has 1 aromatic heterocycles. The monoisotopic (exact) mass is 392 g/mol. The van der Waals surface area contributed by atoms with Gasteiger partial charge in [-0.3, -0.25) is 9.59 Å². The van der Waals surface area contributed by atoms with Gasteiger partial charge in [0.25, 0.3) is 5.91 Å². The van der Waals surface area contributed by atoms with Gasteiger partial charge in [0.15, 0.2) is 0 Å². The third kappa shape index (κ3) is 6.68. The normalized spacial score (nSPS) is 17.4. The van der Waals surface area contributed by atoms with Gasteiger partial charge in [0, 0.05) is 6.42 Å². The molecule has 2 atom stereocenters. The SMILES string of the molecule is COc1ncc(NC(=O)CC(C)C2CCCNC2)cc1C(N)=O.Cl.Cl. The zero-order chi connectivity index (χ0) is 16.8. The first-order chi connectivity index (χ1) is 11.0. The molecule has 1 saturated heterocycles. The molecule has 1 aliphatic rings. The van der Waals surface area contributed by atoms with E-state index in [1.807, 2.05) is 0 Å². The summed E-state index contributed by atoms with van der Waals surface area (Å²) >= 11 is 0. The number of amides is 2. The van der Waals surface area contributed by atoms with E-state index in [-0.39, 0.29) is 42.2 Å². The molecule has 2 heterocycles. The number of piperidine rings is 1. The van der Waals surface area contributed by atoms with E-state index in [9.17, 15) is 9.59 Å². The van der Waals surface area contributed by atoms with Crippen LogP contribution in [0.4, 0.5) is 5.69 Å². The standard InChI is InChI=1S/C16H24N4O3.2ClH/c1-10(11-4-3-5-18-8-11)6-14(21)20-12-7-13(15(17)22)16(23-2)19-9-12;;/h7,9-11,18H,3-6,8H2,1-2H3,(H2,17,22)(H,20,21);2*1H. The molecule has 0 bridgehead atoms. The molecule has 9 heteroatoms. The molecule has 0 aromatic carbocycles. The number of nitrogens with two attached hydrogens (primary N) is 1. The maximum Gasteiger partial charge on any atom is 0.254 e. The van der Waals surface area contributed by atoms with Crippen LogP contribution in [0.25, 0.3) is 0 Å². The first kappa shape index (κ1) is 23.4. The van der Waals surface area contributed by atoms with E-state index in [1.165, 1.54) is 19.4 Å². The van der Waals surface area contributed by atoms with Gasteiger partial charge >= 0.3 is 0 Å². The van der Waals surface area contributed by atoms with Crippen molar-refractivity contribution in [3.8, 4) is 5.88 Å². The average Bonchev–Trinajstić information content (AvgIpc) is 2.55. The molecule has 0 spiro atoms. The number of hydrogen-bond acceptors (Lipinski definition) is 5. The van der Waals surface area contributed by atoms with Gasteiger partial charge in [-0.1, -0.05) is 6.92 Å². The summed E-state index contributed by atoms with van der Waals surface area (Å²) in [5.41, 5.74) is 5.88. The fourth-order valence-corrected chi connectivity index (χ4v) is 2.90. The van der Waals surface area contributed by atoms with Crippen LogP contribution in [-0.2, 0) is 4.79 Å². The maximum absolute atomic E-state index is 12.2. The lowest BCUT2D eigenvalue weighted by Gasteiger charge is -2.28. The van der Waals surface area contributed by atoms with Crippen molar-refractivity contribution < 1.29 is 14.3 Å². The highest BCUT2D eigenvalue weighted by molar-refractivity contribution is 5.97. The molecule has 142 valence electrons. The van der Waals surface area contributed by atoms with Gasteiger partial charge in [0.2, 0.25) is 11.8 Å². The van der Waals surface area contributed by atoms with E-state index >= 15 is 0 Å². The van der Waals surface area contributed by atoms with E-state index in [0.717, 1.165) is 25.9 Å². The molecule has 2 unspecified atom stereocenters. The Balaban J connectivity index is 0.00000288. The second kappa shape index (κ2) is 11.1. The lowest BCUT2D eigenvalue weighted by Crippen LogP contribution is -2.34. The van der Waals surface area contributed by atoms with Gasteiger partial charge in [0.05, 0.1) is 19.0 Å². The highest BCUT2D eigenvalue weighted by Crippen LogP contribution is 2.24. The number of carbonyl (C=O) groups excluding carboxylic acids is 2. The summed E-state index contributed by atoms with van der Waals surface area (Å²) in [6.45, 7) is 4.12. The molecule has 0 saturated carbocycles. The Morgan fingerprint density at radius 3 is 2.76 bits per heavy atom. The lowest BCUT2D eigenvalue weighted by atomic mass is 9.85. The fraction of sp³-hybridized carbons (Fsp3) is 0.562. The second-order valence-electron chi connectivity index (χ2n) is 5.98. The van der Waals surface area contributed by atoms with Gasteiger partial charge < -0.3 is 21.1 Å². The summed E-state index contributed by atoms with van der Waals surface area (Å²) in [5, 5.41) is 6.14. The summed E-state index contributed by atoms with van der Waals surface area (Å²) < 4.78 is 4.98. The van der Waals surface area contributed by atoms with Crippen LogP contribution in [0.15, 0.2) is 12.3 Å². The molecule has 25 heavy (non-hydrogen) atoms. The molecular weight excluding hydrogens is 367 g/mol. The number of aromatic nitrogens is 1. The smallest absolute Gasteiger partial charge is 0.254 e. The van der Waals surface area contributed by atoms with E-state index in [1.54, 1.807) is 0 Å². The topological polar surface area (TPSA) is 106 Å². The first-order valence-corrected chi connectivity index (χ1v) is 7.85. The molecule has 2 rings (SSSR count). The van der Waals surface area contributed by atoms with Gasteiger partial charge in [-0.05, 0) is 43.8 Å². The highest BCUT2D eigenvalue weighted by Gasteiger charge is 2.22. The minimum Gasteiger partial charge on any atom is -0.480 e. The lowest BCUT2D eigenvalue weighted by molar-refractivity contribution is -0.117. The van der Waals surface area contributed by atoms with Crippen molar-refractivity contribution >= 4 is 42.3 Å². The second-order valence-corrected chi connectivity index (χ2v) is 5.98. The summed E-state index contributed by atoms with van der Waals surface area (Å²) in [4.78, 5) is 27.6. The van der Waals surface area contributed by atoms with Crippen molar-refractivity contribution in [2.45, 2.75) is 26.2 Å². The predicted molar refractivity (Wildman–Crippen MR) is 102 cm³/mol. The number of carbonyl (C=O) groups is 2. The Morgan fingerprint density at radius 1 is 1.48 bits per heavy atom. The number of nitrogens with one attached hydrogen (secondary N) is 2. The average molecular weight is 393 g/mol. The van der Waals surface area contributed by atoms with Gasteiger partial charge in [-0.15, -0.1) is 24.8 Å². The minimum absolute atomic E-state index is 0. The van der Waals surface area contributed by atoms with Crippen LogP contribution < -0.4 is 21.1 Å². The van der Waals surface area contributed by atoms with Crippen molar-refractivity contribution in [1.29, 1.82) is 0 Å². The van der Waals surface area contributed by atoms with Crippen molar-refractivity contribution in [2.24, 2.45) is 17.6 Å². The van der Waals surface area contributed by atoms with E-state index in [4.69, 9.17) is 10.5 Å². The molecular formula is C16H26Cl2N4O3. The molecule has 1 aliphatic heterocycles. The third-order valence-corrected chi connectivity index (χ3v) is 4.24. The van der Waals surface area contributed by atoms with Gasteiger partial charge in [0.1, 0.15) is 5.56 Å². The predicted octanol–water partition coefficient (Wildman–Crippen LogP) is 2.00. The molecule has 4 N–H and O–H groups in total. The van der Waals surface area contributed by atoms with Crippen molar-refractivity contribution in [2.75, 3.05) is 25.5 Å². The van der Waals surface area contributed by atoms with Crippen LogP contribution in [0.5, 0.6) is 5.88 Å². The molecule has 1 aromatic rings. The van der Waals surface area contributed by atoms with Gasteiger partial charge in [-0.2, -0.15) is 0 Å². The number of rotatable bonds is 6. The van der Waals surface area contributed by atoms with Crippen LogP contribution >= 0.6 is 24.8 Å². The van der Waals surface area contributed by atoms with Crippen LogP contribution in [0.3, 0.4) is 0 Å². The Hall–Kier alpha value is -1.57. The minimum atomic E-state index is -0.646. The van der Waals surface area contributed by atoms with Crippen LogP contribution in [0.2, 0.25) is 0 Å². The third-order valence-electron chi connectivity index (χ3n) is 4.24. The summed E-state index contributed by atoms with van der Waals surface area (Å²) in [6.07, 6.45) is 4.19. The number of ether oxygens (including phenoxy) is 1. The number of anilines is 1. The van der Waals surface area contributed by atoms with Crippen molar-refractivity contribution in [3.63, 3.8) is 0 Å². The number of primary amides is 1. The molecule has 7 nitrogen and oxygen atoms in total.